The van der Waals surface area contributed by atoms with Gasteiger partial charge in [0.1, 0.15) is 6.04 Å². The normalized spacial score (nSPS) is 13.9. The molecule has 1 atom stereocenters. The van der Waals surface area contributed by atoms with Gasteiger partial charge in [-0.25, -0.2) is 13.1 Å². The van der Waals surface area contributed by atoms with Crippen LogP contribution < -0.4 is 10.0 Å². The molecule has 0 saturated heterocycles. The van der Waals surface area contributed by atoms with Crippen LogP contribution >= 0.6 is 0 Å². The molecule has 0 spiro atoms. The molecular weight excluding hydrogens is 498 g/mol. The van der Waals surface area contributed by atoms with E-state index in [1.54, 1.807) is 35.2 Å². The maximum Gasteiger partial charge on any atom is 0.247 e. The largest absolute Gasteiger partial charge is 0.351 e. The molecule has 1 aliphatic carbocycles. The lowest BCUT2D eigenvalue weighted by Gasteiger charge is -2.31. The van der Waals surface area contributed by atoms with E-state index in [2.05, 4.69) is 16.6 Å². The van der Waals surface area contributed by atoms with E-state index in [1.165, 1.54) is 0 Å². The van der Waals surface area contributed by atoms with Crippen LogP contribution in [0.1, 0.15) is 42.0 Å². The third kappa shape index (κ3) is 7.40. The van der Waals surface area contributed by atoms with Gasteiger partial charge in [0.25, 0.3) is 0 Å². The molecule has 3 aromatic rings. The minimum absolute atomic E-state index is 0.0362. The van der Waals surface area contributed by atoms with Gasteiger partial charge in [-0.1, -0.05) is 78.9 Å². The molecule has 3 aromatic carbocycles. The number of hydrogen-bond acceptors (Lipinski definition) is 4. The first-order chi connectivity index (χ1) is 18.4. The summed E-state index contributed by atoms with van der Waals surface area (Å²) in [5, 5.41) is 2.85. The highest BCUT2D eigenvalue weighted by Gasteiger charge is 2.31. The van der Waals surface area contributed by atoms with Gasteiger partial charge < -0.3 is 10.2 Å². The smallest absolute Gasteiger partial charge is 0.247 e. The van der Waals surface area contributed by atoms with Crippen molar-refractivity contribution in [3.8, 4) is 0 Å². The second-order valence-electron chi connectivity index (χ2n) is 9.39. The van der Waals surface area contributed by atoms with Gasteiger partial charge in [-0.15, -0.1) is 6.58 Å². The van der Waals surface area contributed by atoms with E-state index in [9.17, 15) is 18.0 Å². The number of rotatable bonds is 13. The van der Waals surface area contributed by atoms with Crippen LogP contribution in [0.25, 0.3) is 0 Å². The molecule has 0 heterocycles. The van der Waals surface area contributed by atoms with E-state index in [-0.39, 0.29) is 35.7 Å². The van der Waals surface area contributed by atoms with E-state index in [4.69, 9.17) is 0 Å². The molecule has 2 N–H and O–H groups in total. The summed E-state index contributed by atoms with van der Waals surface area (Å²) in [5.41, 5.74) is 2.47. The number of benzene rings is 3. The first kappa shape index (κ1) is 27.3. The summed E-state index contributed by atoms with van der Waals surface area (Å²) >= 11 is 0. The minimum atomic E-state index is -3.53. The lowest BCUT2D eigenvalue weighted by atomic mass is 10.0. The Kier molecular flexibility index (Phi) is 9.10. The first-order valence-corrected chi connectivity index (χ1v) is 14.2. The highest BCUT2D eigenvalue weighted by Crippen LogP contribution is 2.26. The van der Waals surface area contributed by atoms with E-state index in [0.29, 0.717) is 13.0 Å². The molecule has 4 rings (SSSR count). The second kappa shape index (κ2) is 12.7. The van der Waals surface area contributed by atoms with Crippen LogP contribution in [0, 0.1) is 0 Å². The Morgan fingerprint density at radius 2 is 1.55 bits per heavy atom. The van der Waals surface area contributed by atoms with Crippen molar-refractivity contribution in [2.75, 3.05) is 6.54 Å². The molecule has 7 nitrogen and oxygen atoms in total. The second-order valence-corrected chi connectivity index (χ2v) is 11.1. The lowest BCUT2D eigenvalue weighted by Crippen LogP contribution is -2.43. The fourth-order valence-electron chi connectivity index (χ4n) is 4.20. The average Bonchev–Trinajstić information content (AvgIpc) is 3.75. The minimum Gasteiger partial charge on any atom is -0.351 e. The third-order valence-electron chi connectivity index (χ3n) is 6.37. The maximum absolute atomic E-state index is 13.7. The molecular formula is C30H33N3O4S. The van der Waals surface area contributed by atoms with Crippen molar-refractivity contribution in [2.24, 2.45) is 0 Å². The highest BCUT2D eigenvalue weighted by molar-refractivity contribution is 7.89. The van der Waals surface area contributed by atoms with Gasteiger partial charge in [-0.05, 0) is 48.1 Å². The summed E-state index contributed by atoms with van der Waals surface area (Å²) in [6.45, 7) is 4.24. The molecule has 8 heteroatoms. The Hall–Kier alpha value is -3.75. The first-order valence-electron chi connectivity index (χ1n) is 12.8. The molecule has 0 aromatic heterocycles. The number of carbonyl (C=O) groups excluding carboxylic acids is 2. The van der Waals surface area contributed by atoms with E-state index in [1.807, 2.05) is 60.7 Å². The molecule has 1 aliphatic rings. The number of aryl methyl sites for hydroxylation is 1. The molecule has 0 aliphatic heterocycles. The topological polar surface area (TPSA) is 95.6 Å². The summed E-state index contributed by atoms with van der Waals surface area (Å²) in [7, 11) is -3.53. The Morgan fingerprint density at radius 3 is 2.16 bits per heavy atom. The van der Waals surface area contributed by atoms with Crippen molar-refractivity contribution in [2.45, 2.75) is 49.2 Å². The quantitative estimate of drug-likeness (QED) is 0.324. The van der Waals surface area contributed by atoms with Crippen molar-refractivity contribution in [3.63, 3.8) is 0 Å². The van der Waals surface area contributed by atoms with Crippen molar-refractivity contribution in [1.29, 1.82) is 0 Å². The summed E-state index contributed by atoms with van der Waals surface area (Å²) in [6, 6.07) is 24.7. The number of sulfonamides is 1. The SMILES string of the molecule is C=CCNC(=O)[C@@H](c1ccccc1)N(Cc1ccccc1)C(=O)CCc1ccc(S(=O)(=O)NC2CC2)cc1. The van der Waals surface area contributed by atoms with Crippen LogP contribution in [0.15, 0.2) is 102 Å². The summed E-state index contributed by atoms with van der Waals surface area (Å²) in [4.78, 5) is 28.8. The van der Waals surface area contributed by atoms with Crippen LogP contribution in [0.2, 0.25) is 0 Å². The Balaban J connectivity index is 1.54. The van der Waals surface area contributed by atoms with Gasteiger partial charge in [-0.2, -0.15) is 0 Å². The molecule has 1 fully saturated rings. The number of nitrogens with zero attached hydrogens (tertiary/aromatic N) is 1. The zero-order chi connectivity index (χ0) is 27.0. The maximum atomic E-state index is 13.7. The Bertz CT molecular complexity index is 1340. The third-order valence-corrected chi connectivity index (χ3v) is 7.91. The van der Waals surface area contributed by atoms with Gasteiger partial charge in [-0.3, -0.25) is 9.59 Å². The monoisotopic (exact) mass is 531 g/mol. The van der Waals surface area contributed by atoms with Gasteiger partial charge in [0.05, 0.1) is 4.90 Å². The number of nitrogens with one attached hydrogen (secondary N) is 2. The molecule has 38 heavy (non-hydrogen) atoms. The lowest BCUT2D eigenvalue weighted by molar-refractivity contribution is -0.141. The van der Waals surface area contributed by atoms with E-state index >= 15 is 0 Å². The van der Waals surface area contributed by atoms with Crippen molar-refractivity contribution in [1.82, 2.24) is 14.9 Å². The molecule has 0 radical (unpaired) electrons. The van der Waals surface area contributed by atoms with Crippen molar-refractivity contribution < 1.29 is 18.0 Å². The van der Waals surface area contributed by atoms with Gasteiger partial charge >= 0.3 is 0 Å². The highest BCUT2D eigenvalue weighted by atomic mass is 32.2. The molecule has 0 bridgehead atoms. The number of amides is 2. The van der Waals surface area contributed by atoms with Crippen molar-refractivity contribution >= 4 is 21.8 Å². The van der Waals surface area contributed by atoms with Gasteiger partial charge in [0, 0.05) is 25.6 Å². The Morgan fingerprint density at radius 1 is 0.921 bits per heavy atom. The molecule has 1 saturated carbocycles. The predicted octanol–water partition coefficient (Wildman–Crippen LogP) is 4.13. The zero-order valence-corrected chi connectivity index (χ0v) is 22.1. The van der Waals surface area contributed by atoms with E-state index < -0.39 is 16.1 Å². The van der Waals surface area contributed by atoms with Crippen LogP contribution in [0.5, 0.6) is 0 Å². The van der Waals surface area contributed by atoms with Crippen LogP contribution in [-0.2, 0) is 32.6 Å². The molecule has 198 valence electrons. The fourth-order valence-corrected chi connectivity index (χ4v) is 5.50. The molecule has 0 unspecified atom stereocenters. The van der Waals surface area contributed by atoms with Crippen LogP contribution in [0.3, 0.4) is 0 Å². The van der Waals surface area contributed by atoms with Gasteiger partial charge in [0.15, 0.2) is 0 Å². The summed E-state index contributed by atoms with van der Waals surface area (Å²) in [5.74, 6) is -0.457. The Labute approximate surface area is 224 Å². The average molecular weight is 532 g/mol. The zero-order valence-electron chi connectivity index (χ0n) is 21.3. The van der Waals surface area contributed by atoms with Crippen LogP contribution in [0.4, 0.5) is 0 Å². The standard InChI is InChI=1S/C30H33N3O4S/c1-2-21-31-30(35)29(25-11-7-4-8-12-25)33(22-24-9-5-3-6-10-24)28(34)20-15-23-13-18-27(19-14-23)38(36,37)32-26-16-17-26/h2-14,18-19,26,29,32H,1,15-17,20-22H2,(H,31,35)/t29-/m1/s1. The predicted molar refractivity (Wildman–Crippen MR) is 147 cm³/mol. The fraction of sp³-hybridized carbons (Fsp3) is 0.267. The molecule has 2 amide bonds. The summed E-state index contributed by atoms with van der Waals surface area (Å²) in [6.07, 6.45) is 3.92. The summed E-state index contributed by atoms with van der Waals surface area (Å²) < 4.78 is 27.6. The van der Waals surface area contributed by atoms with Crippen molar-refractivity contribution in [3.05, 3.63) is 114 Å². The van der Waals surface area contributed by atoms with Crippen LogP contribution in [-0.4, -0.2) is 37.7 Å². The number of carbonyl (C=O) groups is 2. The van der Waals surface area contributed by atoms with Gasteiger partial charge in [0.2, 0.25) is 21.8 Å². The number of hydrogen-bond donors (Lipinski definition) is 2. The van der Waals surface area contributed by atoms with E-state index in [0.717, 1.165) is 29.5 Å².